The highest BCUT2D eigenvalue weighted by atomic mass is 16.5. The van der Waals surface area contributed by atoms with Gasteiger partial charge in [-0.1, -0.05) is 78.9 Å². The molecule has 0 spiro atoms. The molecule has 5 aromatic carbocycles. The molecule has 0 unspecified atom stereocenters. The molecule has 0 saturated heterocycles. The molecule has 5 aromatic rings. The van der Waals surface area contributed by atoms with E-state index in [-0.39, 0.29) is 0 Å². The monoisotopic (exact) mass is 398 g/mol. The van der Waals surface area contributed by atoms with Crippen LogP contribution in [0.15, 0.2) is 97.1 Å². The Bertz CT molecular complexity index is 1450. The molecule has 0 fully saturated rings. The number of rotatable bonds is 3. The van der Waals surface area contributed by atoms with Gasteiger partial charge in [0.05, 0.1) is 0 Å². The number of hydrogen-bond acceptors (Lipinski definition) is 1. The lowest BCUT2D eigenvalue weighted by Gasteiger charge is -2.13. The van der Waals surface area contributed by atoms with E-state index in [1.165, 1.54) is 55.3 Å². The molecular weight excluding hydrogens is 376 g/mol. The molecule has 0 bridgehead atoms. The van der Waals surface area contributed by atoms with Crippen molar-refractivity contribution in [2.75, 3.05) is 0 Å². The van der Waals surface area contributed by atoms with Gasteiger partial charge >= 0.3 is 0 Å². The summed E-state index contributed by atoms with van der Waals surface area (Å²) in [5.74, 6) is 1.77. The number of aryl methyl sites for hydroxylation is 1. The van der Waals surface area contributed by atoms with Gasteiger partial charge in [-0.2, -0.15) is 0 Å². The van der Waals surface area contributed by atoms with Crippen LogP contribution in [0.2, 0.25) is 0 Å². The second-order valence-electron chi connectivity index (χ2n) is 8.26. The van der Waals surface area contributed by atoms with Crippen LogP contribution in [0, 0.1) is 13.8 Å². The van der Waals surface area contributed by atoms with Crippen molar-refractivity contribution >= 4 is 10.8 Å². The summed E-state index contributed by atoms with van der Waals surface area (Å²) in [6.45, 7) is 4.21. The molecule has 0 heterocycles. The van der Waals surface area contributed by atoms with Crippen molar-refractivity contribution in [2.45, 2.75) is 13.8 Å². The Morgan fingerprint density at radius 1 is 0.548 bits per heavy atom. The van der Waals surface area contributed by atoms with Crippen molar-refractivity contribution in [3.05, 3.63) is 108 Å². The van der Waals surface area contributed by atoms with Crippen LogP contribution in [0.5, 0.6) is 11.5 Å². The highest BCUT2D eigenvalue weighted by molar-refractivity contribution is 6.18. The van der Waals surface area contributed by atoms with Gasteiger partial charge in [0.15, 0.2) is 0 Å². The average Bonchev–Trinajstić information content (AvgIpc) is 3.14. The fraction of sp³-hybridized carbons (Fsp3) is 0.0667. The van der Waals surface area contributed by atoms with Crippen LogP contribution >= 0.6 is 0 Å². The molecule has 1 heteroatoms. The van der Waals surface area contributed by atoms with Crippen LogP contribution in [-0.4, -0.2) is 0 Å². The van der Waals surface area contributed by atoms with Crippen molar-refractivity contribution in [3.63, 3.8) is 0 Å². The Balaban J connectivity index is 1.42. The summed E-state index contributed by atoms with van der Waals surface area (Å²) >= 11 is 0. The van der Waals surface area contributed by atoms with Crippen LogP contribution in [-0.2, 0) is 0 Å². The van der Waals surface area contributed by atoms with Crippen molar-refractivity contribution in [1.29, 1.82) is 0 Å². The number of ether oxygens (including phenoxy) is 1. The molecule has 1 aliphatic rings. The molecule has 31 heavy (non-hydrogen) atoms. The minimum absolute atomic E-state index is 0.857. The first-order valence-corrected chi connectivity index (χ1v) is 10.7. The van der Waals surface area contributed by atoms with Crippen molar-refractivity contribution in [2.24, 2.45) is 0 Å². The normalized spacial score (nSPS) is 11.5. The maximum absolute atomic E-state index is 6.17. The van der Waals surface area contributed by atoms with Gasteiger partial charge in [-0.25, -0.2) is 0 Å². The maximum Gasteiger partial charge on any atom is 0.130 e. The molecule has 148 valence electrons. The third kappa shape index (κ3) is 2.78. The van der Waals surface area contributed by atoms with E-state index in [4.69, 9.17) is 4.74 Å². The summed E-state index contributed by atoms with van der Waals surface area (Å²) in [6.07, 6.45) is 0. The number of fused-ring (bicyclic) bond motifs is 3. The van der Waals surface area contributed by atoms with Gasteiger partial charge in [-0.05, 0) is 87.3 Å². The highest BCUT2D eigenvalue weighted by Crippen LogP contribution is 2.50. The highest BCUT2D eigenvalue weighted by Gasteiger charge is 2.23. The van der Waals surface area contributed by atoms with E-state index < -0.39 is 0 Å². The molecule has 0 atom stereocenters. The van der Waals surface area contributed by atoms with E-state index >= 15 is 0 Å². The van der Waals surface area contributed by atoms with Crippen LogP contribution in [0.4, 0.5) is 0 Å². The Kier molecular flexibility index (Phi) is 3.97. The summed E-state index contributed by atoms with van der Waals surface area (Å²) < 4.78 is 6.17. The molecule has 6 rings (SSSR count). The predicted octanol–water partition coefficient (Wildman–Crippen LogP) is 8.56. The van der Waals surface area contributed by atoms with E-state index in [9.17, 15) is 0 Å². The van der Waals surface area contributed by atoms with Gasteiger partial charge in [-0.15, -0.1) is 0 Å². The van der Waals surface area contributed by atoms with E-state index in [0.29, 0.717) is 0 Å². The molecular formula is C30H22O. The van der Waals surface area contributed by atoms with Crippen LogP contribution in [0.3, 0.4) is 0 Å². The Hall–Kier alpha value is -3.84. The van der Waals surface area contributed by atoms with Gasteiger partial charge in [0.25, 0.3) is 0 Å². The quantitative estimate of drug-likeness (QED) is 0.290. The Morgan fingerprint density at radius 3 is 2.00 bits per heavy atom. The predicted molar refractivity (Wildman–Crippen MR) is 130 cm³/mol. The summed E-state index contributed by atoms with van der Waals surface area (Å²) in [5.41, 5.74) is 10.2. The SMILES string of the molecule is Cc1cccc(Oc2ccc(-c3cccc4c3-c3cccc5cccc-4c35)cc2)c1C. The van der Waals surface area contributed by atoms with E-state index in [2.05, 4.69) is 98.8 Å². The zero-order chi connectivity index (χ0) is 20.9. The molecule has 0 radical (unpaired) electrons. The van der Waals surface area contributed by atoms with E-state index in [1.54, 1.807) is 0 Å². The van der Waals surface area contributed by atoms with Gasteiger partial charge in [-0.3, -0.25) is 0 Å². The van der Waals surface area contributed by atoms with Gasteiger partial charge in [0.1, 0.15) is 11.5 Å². The van der Waals surface area contributed by atoms with Crippen molar-refractivity contribution in [3.8, 4) is 44.9 Å². The Labute approximate surface area is 182 Å². The zero-order valence-electron chi connectivity index (χ0n) is 17.6. The molecule has 0 aliphatic heterocycles. The summed E-state index contributed by atoms with van der Waals surface area (Å²) in [7, 11) is 0. The van der Waals surface area contributed by atoms with Gasteiger partial charge in [0, 0.05) is 0 Å². The summed E-state index contributed by atoms with van der Waals surface area (Å²) in [6, 6.07) is 34.5. The van der Waals surface area contributed by atoms with Crippen LogP contribution < -0.4 is 4.74 Å². The standard InChI is InChI=1S/C30H22O/c1-19-7-3-14-28(20(19)2)31-23-17-15-21(16-18-23)24-10-6-12-26-25-11-4-8-22-9-5-13-27(29(22)25)30(24)26/h3-18H,1-2H3. The second-order valence-corrected chi connectivity index (χ2v) is 8.26. The first kappa shape index (κ1) is 18.0. The Morgan fingerprint density at radius 2 is 1.19 bits per heavy atom. The zero-order valence-corrected chi connectivity index (χ0v) is 17.6. The lowest BCUT2D eigenvalue weighted by molar-refractivity contribution is 0.478. The fourth-order valence-electron chi connectivity index (χ4n) is 4.75. The minimum atomic E-state index is 0.857. The van der Waals surface area contributed by atoms with Crippen molar-refractivity contribution < 1.29 is 4.74 Å². The first-order valence-electron chi connectivity index (χ1n) is 10.7. The third-order valence-corrected chi connectivity index (χ3v) is 6.48. The molecule has 0 aromatic heterocycles. The third-order valence-electron chi connectivity index (χ3n) is 6.48. The largest absolute Gasteiger partial charge is 0.457 e. The topological polar surface area (TPSA) is 9.23 Å². The van der Waals surface area contributed by atoms with Gasteiger partial charge in [0.2, 0.25) is 0 Å². The minimum Gasteiger partial charge on any atom is -0.457 e. The lowest BCUT2D eigenvalue weighted by atomic mass is 9.93. The first-order chi connectivity index (χ1) is 15.2. The fourth-order valence-corrected chi connectivity index (χ4v) is 4.75. The second kappa shape index (κ2) is 6.85. The van der Waals surface area contributed by atoms with Crippen LogP contribution in [0.25, 0.3) is 44.2 Å². The van der Waals surface area contributed by atoms with Crippen LogP contribution in [0.1, 0.15) is 11.1 Å². The molecule has 0 amide bonds. The molecule has 1 aliphatic carbocycles. The number of benzene rings is 5. The summed E-state index contributed by atoms with van der Waals surface area (Å²) in [4.78, 5) is 0. The van der Waals surface area contributed by atoms with E-state index in [0.717, 1.165) is 11.5 Å². The molecule has 1 nitrogen and oxygen atoms in total. The van der Waals surface area contributed by atoms with Gasteiger partial charge < -0.3 is 4.74 Å². The van der Waals surface area contributed by atoms with Crippen molar-refractivity contribution in [1.82, 2.24) is 0 Å². The maximum atomic E-state index is 6.17. The smallest absolute Gasteiger partial charge is 0.130 e. The average molecular weight is 399 g/mol. The lowest BCUT2D eigenvalue weighted by Crippen LogP contribution is -1.90. The number of hydrogen-bond donors (Lipinski definition) is 0. The summed E-state index contributed by atoms with van der Waals surface area (Å²) in [5, 5.41) is 2.66. The molecule has 0 N–H and O–H groups in total. The molecule has 0 saturated carbocycles. The van der Waals surface area contributed by atoms with E-state index in [1.807, 2.05) is 12.1 Å².